The lowest BCUT2D eigenvalue weighted by Crippen LogP contribution is -2.93. The predicted molar refractivity (Wildman–Crippen MR) is 80.0 cm³/mol. The van der Waals surface area contributed by atoms with Gasteiger partial charge in [0, 0.05) is 30.0 Å². The normalized spacial score (nSPS) is 23.5. The second-order valence-corrected chi connectivity index (χ2v) is 6.08. The highest BCUT2D eigenvalue weighted by molar-refractivity contribution is 6.35. The fourth-order valence-electron chi connectivity index (χ4n) is 2.87. The number of halogens is 2. The average Bonchev–Trinajstić information content (AvgIpc) is 2.42. The summed E-state index contributed by atoms with van der Waals surface area (Å²) in [6.45, 7) is 1.05. The maximum absolute atomic E-state index is 6.18. The van der Waals surface area contributed by atoms with Crippen LogP contribution in [-0.2, 0) is 11.2 Å². The molecule has 106 valence electrons. The van der Waals surface area contributed by atoms with E-state index in [0.717, 1.165) is 18.0 Å². The van der Waals surface area contributed by atoms with E-state index in [4.69, 9.17) is 27.9 Å². The van der Waals surface area contributed by atoms with Crippen molar-refractivity contribution < 1.29 is 10.1 Å². The van der Waals surface area contributed by atoms with E-state index in [1.807, 2.05) is 25.3 Å². The van der Waals surface area contributed by atoms with Crippen molar-refractivity contribution in [2.75, 3.05) is 13.7 Å². The van der Waals surface area contributed by atoms with Crippen molar-refractivity contribution in [2.45, 2.75) is 44.2 Å². The molecule has 1 aromatic carbocycles. The van der Waals surface area contributed by atoms with Crippen LogP contribution in [0.2, 0.25) is 10.0 Å². The maximum atomic E-state index is 6.18. The molecule has 0 saturated heterocycles. The fourth-order valence-corrected chi connectivity index (χ4v) is 3.37. The summed E-state index contributed by atoms with van der Waals surface area (Å²) in [4.78, 5) is 0. The van der Waals surface area contributed by atoms with Crippen LogP contribution in [0, 0.1) is 0 Å². The van der Waals surface area contributed by atoms with Gasteiger partial charge in [0.05, 0.1) is 6.54 Å². The highest BCUT2D eigenvalue weighted by Crippen LogP contribution is 2.21. The molecule has 1 saturated carbocycles. The molecule has 0 amide bonds. The van der Waals surface area contributed by atoms with Crippen molar-refractivity contribution >= 4 is 23.2 Å². The van der Waals surface area contributed by atoms with Gasteiger partial charge >= 0.3 is 0 Å². The molecule has 0 unspecified atom stereocenters. The molecule has 1 aliphatic carbocycles. The lowest BCUT2D eigenvalue weighted by atomic mass is 9.92. The van der Waals surface area contributed by atoms with Gasteiger partial charge in [-0.15, -0.1) is 0 Å². The second-order valence-electron chi connectivity index (χ2n) is 5.23. The van der Waals surface area contributed by atoms with Gasteiger partial charge in [0.15, 0.2) is 0 Å². The summed E-state index contributed by atoms with van der Waals surface area (Å²) in [7, 11) is 1.83. The first-order chi connectivity index (χ1) is 9.20. The third-order valence-electron chi connectivity index (χ3n) is 3.95. The summed E-state index contributed by atoms with van der Waals surface area (Å²) in [5.74, 6) is 0. The Morgan fingerprint density at radius 3 is 2.79 bits per heavy atom. The summed E-state index contributed by atoms with van der Waals surface area (Å²) in [5, 5.41) is 3.88. The van der Waals surface area contributed by atoms with Crippen LogP contribution in [0.25, 0.3) is 0 Å². The molecule has 0 radical (unpaired) electrons. The van der Waals surface area contributed by atoms with Gasteiger partial charge in [0.2, 0.25) is 0 Å². The molecule has 2 atom stereocenters. The predicted octanol–water partition coefficient (Wildman–Crippen LogP) is 3.06. The molecule has 1 aliphatic rings. The third-order valence-corrected chi connectivity index (χ3v) is 4.54. The van der Waals surface area contributed by atoms with E-state index in [-0.39, 0.29) is 0 Å². The zero-order valence-corrected chi connectivity index (χ0v) is 12.9. The lowest BCUT2D eigenvalue weighted by Gasteiger charge is -2.28. The van der Waals surface area contributed by atoms with E-state index in [0.29, 0.717) is 17.2 Å². The van der Waals surface area contributed by atoms with Crippen LogP contribution in [0.5, 0.6) is 0 Å². The molecule has 0 spiro atoms. The van der Waals surface area contributed by atoms with E-state index in [1.54, 1.807) is 0 Å². The van der Waals surface area contributed by atoms with Gasteiger partial charge in [0.1, 0.15) is 12.1 Å². The Labute approximate surface area is 125 Å². The van der Waals surface area contributed by atoms with E-state index in [1.165, 1.54) is 31.2 Å². The zero-order chi connectivity index (χ0) is 13.7. The Bertz CT molecular complexity index is 411. The Morgan fingerprint density at radius 1 is 1.26 bits per heavy atom. The number of methoxy groups -OCH3 is 1. The molecular formula is C15H22Cl2NO+. The minimum absolute atomic E-state index is 0.412. The Morgan fingerprint density at radius 2 is 2.05 bits per heavy atom. The van der Waals surface area contributed by atoms with Gasteiger partial charge in [-0.3, -0.25) is 0 Å². The number of ether oxygens (including phenoxy) is 1. The van der Waals surface area contributed by atoms with Crippen LogP contribution < -0.4 is 5.32 Å². The van der Waals surface area contributed by atoms with Crippen molar-refractivity contribution in [1.82, 2.24) is 0 Å². The van der Waals surface area contributed by atoms with Crippen LogP contribution in [-0.4, -0.2) is 25.8 Å². The molecule has 0 heterocycles. The lowest BCUT2D eigenvalue weighted by molar-refractivity contribution is -0.698. The summed E-state index contributed by atoms with van der Waals surface area (Å²) in [6, 6.07) is 6.34. The summed E-state index contributed by atoms with van der Waals surface area (Å²) < 4.78 is 5.57. The van der Waals surface area contributed by atoms with Crippen molar-refractivity contribution in [3.05, 3.63) is 33.8 Å². The standard InChI is InChI=1S/C15H21Cl2NO/c1-19-15-5-3-2-4-14(15)18-9-8-11-6-7-12(16)10-13(11)17/h6-7,10,14-15,18H,2-5,8-9H2,1H3/p+1/t14-,15-/m0/s1. The van der Waals surface area contributed by atoms with Crippen molar-refractivity contribution in [2.24, 2.45) is 0 Å². The number of nitrogens with two attached hydrogens (primary N) is 1. The van der Waals surface area contributed by atoms with Crippen molar-refractivity contribution in [1.29, 1.82) is 0 Å². The van der Waals surface area contributed by atoms with Crippen LogP contribution >= 0.6 is 23.2 Å². The van der Waals surface area contributed by atoms with Crippen LogP contribution in [0.3, 0.4) is 0 Å². The van der Waals surface area contributed by atoms with Crippen molar-refractivity contribution in [3.63, 3.8) is 0 Å². The molecule has 4 heteroatoms. The van der Waals surface area contributed by atoms with E-state index in [9.17, 15) is 0 Å². The van der Waals surface area contributed by atoms with Crippen LogP contribution in [0.15, 0.2) is 18.2 Å². The number of hydrogen-bond donors (Lipinski definition) is 1. The van der Waals surface area contributed by atoms with Crippen LogP contribution in [0.1, 0.15) is 31.2 Å². The molecule has 0 bridgehead atoms. The highest BCUT2D eigenvalue weighted by Gasteiger charge is 2.27. The van der Waals surface area contributed by atoms with Gasteiger partial charge in [-0.1, -0.05) is 35.7 Å². The highest BCUT2D eigenvalue weighted by atomic mass is 35.5. The third kappa shape index (κ3) is 4.35. The number of benzene rings is 1. The quantitative estimate of drug-likeness (QED) is 0.889. The van der Waals surface area contributed by atoms with Gasteiger partial charge in [-0.25, -0.2) is 0 Å². The van der Waals surface area contributed by atoms with Gasteiger partial charge in [-0.2, -0.15) is 0 Å². The number of quaternary nitrogens is 1. The smallest absolute Gasteiger partial charge is 0.112 e. The molecule has 2 nitrogen and oxygen atoms in total. The molecule has 1 fully saturated rings. The number of rotatable bonds is 5. The van der Waals surface area contributed by atoms with Gasteiger partial charge < -0.3 is 10.1 Å². The Hall–Kier alpha value is -0.280. The molecule has 2 rings (SSSR count). The monoisotopic (exact) mass is 302 g/mol. The molecule has 19 heavy (non-hydrogen) atoms. The SMILES string of the molecule is CO[C@H]1CCCC[C@@H]1[NH2+]CCc1ccc(Cl)cc1Cl. The number of hydrogen-bond acceptors (Lipinski definition) is 1. The molecule has 2 N–H and O–H groups in total. The molecule has 0 aromatic heterocycles. The maximum Gasteiger partial charge on any atom is 0.112 e. The molecule has 1 aromatic rings. The van der Waals surface area contributed by atoms with E-state index < -0.39 is 0 Å². The average molecular weight is 303 g/mol. The topological polar surface area (TPSA) is 25.8 Å². The van der Waals surface area contributed by atoms with E-state index in [2.05, 4.69) is 5.32 Å². The first kappa shape index (κ1) is 15.1. The Kier molecular flexibility index (Phi) is 5.96. The second kappa shape index (κ2) is 7.49. The summed E-state index contributed by atoms with van der Waals surface area (Å²) in [6.07, 6.45) is 6.46. The molecule has 0 aliphatic heterocycles. The minimum Gasteiger partial charge on any atom is -0.375 e. The molecular weight excluding hydrogens is 281 g/mol. The zero-order valence-electron chi connectivity index (χ0n) is 11.4. The minimum atomic E-state index is 0.412. The summed E-state index contributed by atoms with van der Waals surface area (Å²) in [5.41, 5.74) is 1.17. The van der Waals surface area contributed by atoms with E-state index >= 15 is 0 Å². The first-order valence-corrected chi connectivity index (χ1v) is 7.76. The van der Waals surface area contributed by atoms with Crippen LogP contribution in [0.4, 0.5) is 0 Å². The first-order valence-electron chi connectivity index (χ1n) is 7.00. The largest absolute Gasteiger partial charge is 0.375 e. The fraction of sp³-hybridized carbons (Fsp3) is 0.600. The summed E-state index contributed by atoms with van der Waals surface area (Å²) >= 11 is 12.1. The van der Waals surface area contributed by atoms with Gasteiger partial charge in [0.25, 0.3) is 0 Å². The Balaban J connectivity index is 1.82. The van der Waals surface area contributed by atoms with Gasteiger partial charge in [-0.05, 0) is 30.5 Å². The van der Waals surface area contributed by atoms with Crippen molar-refractivity contribution in [3.8, 4) is 0 Å².